The molecule has 2 aliphatic heterocycles. The standard InChI is InChI=1S/C17H18N4O3/c22-10-15-12-6-11(14-2-1-3-16(23)21(14)15)8-20(9-12)17(24)13-7-18-4-5-19-13/h1-5,7,11-12,15,22H,6,8-10H2/t11-,12+,15+/m1/s1. The number of fused-ring (bicyclic) bond motifs is 4. The van der Waals surface area contributed by atoms with E-state index in [0.29, 0.717) is 18.8 Å². The molecule has 2 aliphatic rings. The summed E-state index contributed by atoms with van der Waals surface area (Å²) in [4.78, 5) is 34.8. The quantitative estimate of drug-likeness (QED) is 0.865. The number of pyridine rings is 1. The van der Waals surface area contributed by atoms with Gasteiger partial charge in [-0.15, -0.1) is 0 Å². The van der Waals surface area contributed by atoms with E-state index in [1.807, 2.05) is 6.07 Å². The Kier molecular flexibility index (Phi) is 3.65. The number of aliphatic hydroxyl groups is 1. The zero-order valence-corrected chi connectivity index (χ0v) is 13.1. The Morgan fingerprint density at radius 2 is 2.17 bits per heavy atom. The third-order valence-corrected chi connectivity index (χ3v) is 5.05. The van der Waals surface area contributed by atoms with Crippen LogP contribution in [-0.2, 0) is 0 Å². The molecule has 7 nitrogen and oxygen atoms in total. The Morgan fingerprint density at radius 1 is 1.29 bits per heavy atom. The Labute approximate surface area is 138 Å². The summed E-state index contributed by atoms with van der Waals surface area (Å²) in [5, 5.41) is 9.83. The Bertz CT molecular complexity index is 820. The van der Waals surface area contributed by atoms with Crippen molar-refractivity contribution < 1.29 is 9.90 Å². The molecule has 1 fully saturated rings. The Balaban J connectivity index is 1.70. The van der Waals surface area contributed by atoms with Gasteiger partial charge in [0.15, 0.2) is 0 Å². The highest BCUT2D eigenvalue weighted by Gasteiger charge is 2.41. The molecule has 4 heterocycles. The van der Waals surface area contributed by atoms with Crippen molar-refractivity contribution in [2.75, 3.05) is 19.7 Å². The SMILES string of the molecule is O=C(c1cnccn1)N1C[C@H]2C[C@@H](C1)[C@H](CO)n1c2cccc1=O. The number of aromatic nitrogens is 3. The molecule has 1 N–H and O–H groups in total. The van der Waals surface area contributed by atoms with Gasteiger partial charge in [0.2, 0.25) is 0 Å². The van der Waals surface area contributed by atoms with Gasteiger partial charge in [-0.1, -0.05) is 6.07 Å². The topological polar surface area (TPSA) is 88.3 Å². The molecule has 4 rings (SSSR count). The van der Waals surface area contributed by atoms with Crippen molar-refractivity contribution in [2.45, 2.75) is 18.4 Å². The van der Waals surface area contributed by atoms with Crippen LogP contribution in [0.3, 0.4) is 0 Å². The monoisotopic (exact) mass is 326 g/mol. The van der Waals surface area contributed by atoms with E-state index in [4.69, 9.17) is 0 Å². The van der Waals surface area contributed by atoms with Crippen LogP contribution in [0.5, 0.6) is 0 Å². The summed E-state index contributed by atoms with van der Waals surface area (Å²) >= 11 is 0. The van der Waals surface area contributed by atoms with Crippen molar-refractivity contribution >= 4 is 5.91 Å². The Hall–Kier alpha value is -2.54. The molecular weight excluding hydrogens is 308 g/mol. The van der Waals surface area contributed by atoms with Gasteiger partial charge in [-0.05, 0) is 12.5 Å². The molecule has 0 aliphatic carbocycles. The van der Waals surface area contributed by atoms with Gasteiger partial charge in [-0.2, -0.15) is 0 Å². The minimum atomic E-state index is -0.289. The van der Waals surface area contributed by atoms with Crippen LogP contribution in [0, 0.1) is 5.92 Å². The number of nitrogens with zero attached hydrogens (tertiary/aromatic N) is 4. The summed E-state index contributed by atoms with van der Waals surface area (Å²) in [6.07, 6.45) is 5.38. The molecule has 3 atom stereocenters. The number of hydrogen-bond donors (Lipinski definition) is 1. The van der Waals surface area contributed by atoms with Gasteiger partial charge in [0.1, 0.15) is 5.69 Å². The maximum atomic E-state index is 12.7. The highest BCUT2D eigenvalue weighted by atomic mass is 16.3. The largest absolute Gasteiger partial charge is 0.394 e. The maximum absolute atomic E-state index is 12.7. The molecule has 1 amide bonds. The minimum absolute atomic E-state index is 0.0574. The highest BCUT2D eigenvalue weighted by molar-refractivity contribution is 5.92. The fourth-order valence-corrected chi connectivity index (χ4v) is 4.01. The van der Waals surface area contributed by atoms with E-state index in [1.165, 1.54) is 24.7 Å². The van der Waals surface area contributed by atoms with Crippen LogP contribution < -0.4 is 5.56 Å². The number of carbonyl (C=O) groups excluding carboxylic acids is 1. The number of rotatable bonds is 2. The first-order chi connectivity index (χ1) is 11.7. The van der Waals surface area contributed by atoms with E-state index >= 15 is 0 Å². The van der Waals surface area contributed by atoms with E-state index in [0.717, 1.165) is 12.1 Å². The van der Waals surface area contributed by atoms with E-state index in [2.05, 4.69) is 9.97 Å². The normalized spacial score (nSPS) is 25.2. The summed E-state index contributed by atoms with van der Waals surface area (Å²) in [6.45, 7) is 0.951. The molecule has 0 spiro atoms. The van der Waals surface area contributed by atoms with Crippen LogP contribution in [-0.4, -0.2) is 50.1 Å². The van der Waals surface area contributed by atoms with Crippen molar-refractivity contribution in [3.8, 4) is 0 Å². The molecule has 24 heavy (non-hydrogen) atoms. The lowest BCUT2D eigenvalue weighted by Crippen LogP contribution is -2.52. The average Bonchev–Trinajstić information content (AvgIpc) is 2.63. The molecule has 2 aromatic heterocycles. The van der Waals surface area contributed by atoms with Crippen LogP contribution in [0.1, 0.15) is 34.6 Å². The average molecular weight is 326 g/mol. The Morgan fingerprint density at radius 3 is 2.92 bits per heavy atom. The zero-order chi connectivity index (χ0) is 16.7. The van der Waals surface area contributed by atoms with Gasteiger partial charge < -0.3 is 14.6 Å². The lowest BCUT2D eigenvalue weighted by atomic mass is 9.78. The third-order valence-electron chi connectivity index (χ3n) is 5.05. The fraction of sp³-hybridized carbons (Fsp3) is 0.412. The molecule has 1 saturated heterocycles. The van der Waals surface area contributed by atoms with Gasteiger partial charge in [-0.25, -0.2) is 4.98 Å². The second-order valence-electron chi connectivity index (χ2n) is 6.40. The summed E-state index contributed by atoms with van der Waals surface area (Å²) < 4.78 is 1.71. The van der Waals surface area contributed by atoms with Gasteiger partial charge in [-0.3, -0.25) is 14.6 Å². The molecular formula is C17H18N4O3. The molecule has 0 aromatic carbocycles. The van der Waals surface area contributed by atoms with Crippen LogP contribution in [0.15, 0.2) is 41.6 Å². The summed E-state index contributed by atoms with van der Waals surface area (Å²) in [5.74, 6) is 0.00395. The van der Waals surface area contributed by atoms with E-state index < -0.39 is 0 Å². The zero-order valence-electron chi connectivity index (χ0n) is 13.1. The molecule has 0 unspecified atom stereocenters. The minimum Gasteiger partial charge on any atom is -0.394 e. The summed E-state index contributed by atoms with van der Waals surface area (Å²) in [7, 11) is 0. The number of likely N-dealkylation sites (tertiary alicyclic amines) is 1. The predicted octanol–water partition coefficient (Wildman–Crippen LogP) is 0.431. The lowest BCUT2D eigenvalue weighted by molar-refractivity contribution is 0.0432. The van der Waals surface area contributed by atoms with Crippen molar-refractivity contribution in [2.24, 2.45) is 5.92 Å². The van der Waals surface area contributed by atoms with Crippen LogP contribution in [0.25, 0.3) is 0 Å². The number of piperidine rings is 1. The van der Waals surface area contributed by atoms with E-state index in [-0.39, 0.29) is 36.0 Å². The fourth-order valence-electron chi connectivity index (χ4n) is 4.01. The summed E-state index contributed by atoms with van der Waals surface area (Å²) in [5.41, 5.74) is 1.13. The van der Waals surface area contributed by atoms with Crippen molar-refractivity contribution in [1.82, 2.24) is 19.4 Å². The molecule has 0 saturated carbocycles. The van der Waals surface area contributed by atoms with Gasteiger partial charge in [0, 0.05) is 49.1 Å². The summed E-state index contributed by atoms with van der Waals surface area (Å²) in [6, 6.07) is 4.89. The number of carbonyl (C=O) groups is 1. The molecule has 124 valence electrons. The van der Waals surface area contributed by atoms with Gasteiger partial charge in [0.25, 0.3) is 11.5 Å². The maximum Gasteiger partial charge on any atom is 0.274 e. The first kappa shape index (κ1) is 15.0. The number of aliphatic hydroxyl groups excluding tert-OH is 1. The van der Waals surface area contributed by atoms with Crippen molar-refractivity contribution in [3.05, 3.63) is 58.5 Å². The van der Waals surface area contributed by atoms with E-state index in [9.17, 15) is 14.7 Å². The molecule has 0 radical (unpaired) electrons. The predicted molar refractivity (Wildman–Crippen MR) is 85.6 cm³/mol. The lowest BCUT2D eigenvalue weighted by Gasteiger charge is -2.46. The smallest absolute Gasteiger partial charge is 0.274 e. The van der Waals surface area contributed by atoms with Crippen LogP contribution in [0.2, 0.25) is 0 Å². The van der Waals surface area contributed by atoms with Gasteiger partial charge in [0.05, 0.1) is 18.8 Å². The molecule has 2 bridgehead atoms. The second-order valence-corrected chi connectivity index (χ2v) is 6.40. The third kappa shape index (κ3) is 2.32. The number of hydrogen-bond acceptors (Lipinski definition) is 5. The highest BCUT2D eigenvalue weighted by Crippen LogP contribution is 2.40. The first-order valence-corrected chi connectivity index (χ1v) is 8.06. The van der Waals surface area contributed by atoms with Crippen molar-refractivity contribution in [3.63, 3.8) is 0 Å². The van der Waals surface area contributed by atoms with Crippen LogP contribution >= 0.6 is 0 Å². The van der Waals surface area contributed by atoms with E-state index in [1.54, 1.807) is 15.5 Å². The van der Waals surface area contributed by atoms with Gasteiger partial charge >= 0.3 is 0 Å². The molecule has 2 aromatic rings. The molecule has 7 heteroatoms. The van der Waals surface area contributed by atoms with Crippen LogP contribution in [0.4, 0.5) is 0 Å². The second kappa shape index (κ2) is 5.83. The first-order valence-electron chi connectivity index (χ1n) is 8.06. The van der Waals surface area contributed by atoms with Crippen molar-refractivity contribution in [1.29, 1.82) is 0 Å². The number of amides is 1.